The summed E-state index contributed by atoms with van der Waals surface area (Å²) in [5.74, 6) is 0.882. The fraction of sp³-hybridized carbons (Fsp3) is 0.409. The first kappa shape index (κ1) is 21.4. The third kappa shape index (κ3) is 5.31. The van der Waals surface area contributed by atoms with Crippen LogP contribution in [0.3, 0.4) is 0 Å². The van der Waals surface area contributed by atoms with Crippen LogP contribution in [0.5, 0.6) is 0 Å². The smallest absolute Gasteiger partial charge is 0.251 e. The number of rotatable bonds is 5. The molecular weight excluding hydrogens is 352 g/mol. The Morgan fingerprint density at radius 3 is 2.14 bits per heavy atom. The fourth-order valence-corrected chi connectivity index (χ4v) is 3.09. The average Bonchev–Trinajstić information content (AvgIpc) is 2.72. The number of hydrogen-bond acceptors (Lipinski definition) is 4. The molecule has 1 aliphatic rings. The number of hydrogen-bond donors (Lipinski definition) is 1. The zero-order chi connectivity index (χ0) is 20.7. The Morgan fingerprint density at radius 2 is 1.64 bits per heavy atom. The van der Waals surface area contributed by atoms with Crippen LogP contribution in [-0.4, -0.2) is 55.7 Å². The molecule has 0 radical (unpaired) electrons. The average molecular weight is 383 g/mol. The molecule has 0 saturated carbocycles. The van der Waals surface area contributed by atoms with Gasteiger partial charge < -0.3 is 15.1 Å². The van der Waals surface area contributed by atoms with Crippen molar-refractivity contribution in [3.8, 4) is 0 Å². The van der Waals surface area contributed by atoms with Gasteiger partial charge in [0.25, 0.3) is 5.91 Å². The van der Waals surface area contributed by atoms with E-state index in [9.17, 15) is 9.59 Å². The van der Waals surface area contributed by atoms with Gasteiger partial charge in [-0.1, -0.05) is 6.08 Å². The molecule has 150 valence electrons. The molecule has 0 aromatic heterocycles. The second-order valence-corrected chi connectivity index (χ2v) is 6.83. The van der Waals surface area contributed by atoms with E-state index in [2.05, 4.69) is 15.1 Å². The van der Waals surface area contributed by atoms with E-state index in [0.29, 0.717) is 11.1 Å². The fourth-order valence-electron chi connectivity index (χ4n) is 3.09. The van der Waals surface area contributed by atoms with Gasteiger partial charge >= 0.3 is 0 Å². The van der Waals surface area contributed by atoms with Crippen LogP contribution in [0.4, 0.5) is 5.69 Å². The highest BCUT2D eigenvalue weighted by Crippen LogP contribution is 2.18. The van der Waals surface area contributed by atoms with Gasteiger partial charge in [-0.3, -0.25) is 9.59 Å². The molecule has 1 N–H and O–H groups in total. The van der Waals surface area contributed by atoms with Crippen molar-refractivity contribution in [2.45, 2.75) is 27.7 Å². The zero-order valence-electron chi connectivity index (χ0n) is 17.5. The van der Waals surface area contributed by atoms with E-state index in [4.69, 9.17) is 4.99 Å². The number of carbonyl (C=O) groups excluding carboxylic acids is 2. The standard InChI is InChI=1S/C22H30N4O2/c1-6-7-21(16(2)17(3)27)24-18(4)25-12-14-26(15-13-25)20-10-8-19(9-11-20)22(28)23-5/h6-11H,12-15H2,1-5H3,(H,23,28)/b7-6-,21-16-,24-18+. The molecule has 1 fully saturated rings. The van der Waals surface area contributed by atoms with Crippen LogP contribution in [0.1, 0.15) is 38.1 Å². The lowest BCUT2D eigenvalue weighted by Crippen LogP contribution is -2.48. The molecule has 6 nitrogen and oxygen atoms in total. The highest BCUT2D eigenvalue weighted by atomic mass is 16.1. The second-order valence-electron chi connectivity index (χ2n) is 6.83. The van der Waals surface area contributed by atoms with Crippen molar-refractivity contribution in [1.29, 1.82) is 0 Å². The SMILES string of the molecule is C\C=C/C(/N=C(\C)N1CCN(c2ccc(C(=O)NC)cc2)CC1)=C(\C)C(C)=O. The molecule has 0 unspecified atom stereocenters. The summed E-state index contributed by atoms with van der Waals surface area (Å²) in [5, 5.41) is 2.64. The summed E-state index contributed by atoms with van der Waals surface area (Å²) < 4.78 is 0. The Hall–Kier alpha value is -2.89. The molecule has 1 aromatic carbocycles. The molecule has 1 heterocycles. The van der Waals surface area contributed by atoms with E-state index in [1.807, 2.05) is 57.2 Å². The summed E-state index contributed by atoms with van der Waals surface area (Å²) in [4.78, 5) is 32.6. The largest absolute Gasteiger partial charge is 0.368 e. The Morgan fingerprint density at radius 1 is 1.04 bits per heavy atom. The normalized spacial score (nSPS) is 16.2. The number of anilines is 1. The summed E-state index contributed by atoms with van der Waals surface area (Å²) in [7, 11) is 1.63. The molecule has 2 rings (SSSR count). The first-order valence-corrected chi connectivity index (χ1v) is 9.59. The lowest BCUT2D eigenvalue weighted by atomic mass is 10.1. The quantitative estimate of drug-likeness (QED) is 0.368. The van der Waals surface area contributed by atoms with Crippen LogP contribution in [-0.2, 0) is 4.79 Å². The molecule has 0 atom stereocenters. The maximum Gasteiger partial charge on any atom is 0.251 e. The summed E-state index contributed by atoms with van der Waals surface area (Å²) in [6.07, 6.45) is 3.78. The van der Waals surface area contributed by atoms with Gasteiger partial charge in [0.1, 0.15) is 5.84 Å². The Labute approximate surface area is 167 Å². The van der Waals surface area contributed by atoms with Crippen molar-refractivity contribution < 1.29 is 9.59 Å². The number of piperazine rings is 1. The minimum absolute atomic E-state index is 0.0367. The number of carbonyl (C=O) groups is 2. The predicted molar refractivity (Wildman–Crippen MR) is 115 cm³/mol. The highest BCUT2D eigenvalue weighted by Gasteiger charge is 2.19. The van der Waals surface area contributed by atoms with E-state index in [1.165, 1.54) is 0 Å². The molecule has 1 saturated heterocycles. The molecule has 1 aromatic rings. The molecule has 6 heteroatoms. The van der Waals surface area contributed by atoms with Crippen LogP contribution in [0.2, 0.25) is 0 Å². The lowest BCUT2D eigenvalue weighted by Gasteiger charge is -2.37. The minimum Gasteiger partial charge on any atom is -0.368 e. The summed E-state index contributed by atoms with van der Waals surface area (Å²) >= 11 is 0. The first-order valence-electron chi connectivity index (χ1n) is 9.59. The number of amides is 1. The van der Waals surface area contributed by atoms with Gasteiger partial charge in [-0.25, -0.2) is 4.99 Å². The van der Waals surface area contributed by atoms with Crippen molar-refractivity contribution >= 4 is 23.2 Å². The van der Waals surface area contributed by atoms with Crippen molar-refractivity contribution in [3.05, 3.63) is 53.3 Å². The first-order chi connectivity index (χ1) is 13.4. The number of allylic oxidation sites excluding steroid dienone is 3. The van der Waals surface area contributed by atoms with Crippen LogP contribution in [0.25, 0.3) is 0 Å². The zero-order valence-corrected chi connectivity index (χ0v) is 17.5. The molecule has 28 heavy (non-hydrogen) atoms. The topological polar surface area (TPSA) is 65.0 Å². The number of ketones is 1. The Bertz CT molecular complexity index is 798. The molecule has 1 amide bonds. The number of amidine groups is 1. The summed E-state index contributed by atoms with van der Waals surface area (Å²) in [6.45, 7) is 10.8. The van der Waals surface area contributed by atoms with Crippen molar-refractivity contribution in [2.75, 3.05) is 38.1 Å². The molecule has 0 bridgehead atoms. The van der Waals surface area contributed by atoms with E-state index in [-0.39, 0.29) is 11.7 Å². The van der Waals surface area contributed by atoms with E-state index in [1.54, 1.807) is 14.0 Å². The van der Waals surface area contributed by atoms with Gasteiger partial charge in [0, 0.05) is 50.1 Å². The van der Waals surface area contributed by atoms with Gasteiger partial charge in [0.2, 0.25) is 0 Å². The Kier molecular flexibility index (Phi) is 7.55. The predicted octanol–water partition coefficient (Wildman–Crippen LogP) is 3.03. The summed E-state index contributed by atoms with van der Waals surface area (Å²) in [5.41, 5.74) is 3.17. The highest BCUT2D eigenvalue weighted by molar-refractivity contribution is 5.95. The second kappa shape index (κ2) is 9.88. The van der Waals surface area contributed by atoms with E-state index in [0.717, 1.165) is 43.4 Å². The van der Waals surface area contributed by atoms with Crippen LogP contribution in [0, 0.1) is 0 Å². The van der Waals surface area contributed by atoms with Crippen molar-refractivity contribution in [1.82, 2.24) is 10.2 Å². The summed E-state index contributed by atoms with van der Waals surface area (Å²) in [6, 6.07) is 7.69. The maximum atomic E-state index is 11.7. The maximum absolute atomic E-state index is 11.7. The molecule has 0 aliphatic carbocycles. The third-order valence-corrected chi connectivity index (χ3v) is 4.98. The third-order valence-electron chi connectivity index (χ3n) is 4.98. The van der Waals surface area contributed by atoms with Gasteiger partial charge in [-0.05, 0) is 58.0 Å². The monoisotopic (exact) mass is 382 g/mol. The van der Waals surface area contributed by atoms with Crippen LogP contribution < -0.4 is 10.2 Å². The van der Waals surface area contributed by atoms with Gasteiger partial charge in [0.05, 0.1) is 5.70 Å². The van der Waals surface area contributed by atoms with E-state index >= 15 is 0 Å². The Balaban J connectivity index is 2.05. The van der Waals surface area contributed by atoms with Gasteiger partial charge in [-0.15, -0.1) is 0 Å². The van der Waals surface area contributed by atoms with Crippen molar-refractivity contribution in [3.63, 3.8) is 0 Å². The number of Topliss-reactive ketones (excluding diaryl/α,β-unsaturated/α-hetero) is 1. The van der Waals surface area contributed by atoms with Crippen LogP contribution >= 0.6 is 0 Å². The molecule has 1 aliphatic heterocycles. The molecular formula is C22H30N4O2. The molecule has 0 spiro atoms. The number of nitrogens with one attached hydrogen (secondary N) is 1. The van der Waals surface area contributed by atoms with Crippen molar-refractivity contribution in [2.24, 2.45) is 4.99 Å². The number of aliphatic imine (C=N–C) groups is 1. The van der Waals surface area contributed by atoms with Gasteiger partial charge in [0.15, 0.2) is 5.78 Å². The van der Waals surface area contributed by atoms with Crippen LogP contribution in [0.15, 0.2) is 52.7 Å². The lowest BCUT2D eigenvalue weighted by molar-refractivity contribution is -0.113. The number of benzene rings is 1. The van der Waals surface area contributed by atoms with E-state index < -0.39 is 0 Å². The number of nitrogens with zero attached hydrogens (tertiary/aromatic N) is 3. The minimum atomic E-state index is -0.0750. The van der Waals surface area contributed by atoms with Gasteiger partial charge in [-0.2, -0.15) is 0 Å².